The molecule has 0 radical (unpaired) electrons. The first-order valence-electron chi connectivity index (χ1n) is 4.90. The third-order valence-corrected chi connectivity index (χ3v) is 2.79. The van der Waals surface area contributed by atoms with Gasteiger partial charge in [0.05, 0.1) is 11.6 Å². The standard InChI is InChI=1S/C12H13BrN2O/c1-12(2,15-11(16)7-8-14)9-3-5-10(13)6-4-9/h3-6H,7H2,1-2H3,(H,15,16). The number of benzene rings is 1. The molecule has 0 unspecified atom stereocenters. The molecule has 1 rings (SSSR count). The van der Waals surface area contributed by atoms with Crippen LogP contribution in [0.3, 0.4) is 0 Å². The predicted molar refractivity (Wildman–Crippen MR) is 65.5 cm³/mol. The zero-order valence-electron chi connectivity index (χ0n) is 9.25. The summed E-state index contributed by atoms with van der Waals surface area (Å²) in [5, 5.41) is 11.2. The van der Waals surface area contributed by atoms with Gasteiger partial charge in [0.2, 0.25) is 5.91 Å². The van der Waals surface area contributed by atoms with Gasteiger partial charge in [-0.3, -0.25) is 4.79 Å². The summed E-state index contributed by atoms with van der Waals surface area (Å²) < 4.78 is 0.996. The van der Waals surface area contributed by atoms with E-state index in [1.165, 1.54) is 0 Å². The molecule has 0 saturated carbocycles. The number of halogens is 1. The summed E-state index contributed by atoms with van der Waals surface area (Å²) in [4.78, 5) is 11.4. The van der Waals surface area contributed by atoms with Crippen LogP contribution in [0.5, 0.6) is 0 Å². The lowest BCUT2D eigenvalue weighted by atomic mass is 9.94. The van der Waals surface area contributed by atoms with Gasteiger partial charge in [-0.05, 0) is 31.5 Å². The lowest BCUT2D eigenvalue weighted by Gasteiger charge is -2.26. The van der Waals surface area contributed by atoms with Crippen molar-refractivity contribution in [3.63, 3.8) is 0 Å². The Morgan fingerprint density at radius 2 is 2.00 bits per heavy atom. The molecule has 0 aliphatic carbocycles. The van der Waals surface area contributed by atoms with Gasteiger partial charge >= 0.3 is 0 Å². The molecule has 0 saturated heterocycles. The molecule has 0 aliphatic rings. The van der Waals surface area contributed by atoms with Gasteiger partial charge in [-0.15, -0.1) is 0 Å². The molecule has 16 heavy (non-hydrogen) atoms. The molecule has 1 N–H and O–H groups in total. The van der Waals surface area contributed by atoms with E-state index in [1.54, 1.807) is 0 Å². The summed E-state index contributed by atoms with van der Waals surface area (Å²) in [6.07, 6.45) is -0.111. The minimum atomic E-state index is -0.464. The zero-order chi connectivity index (χ0) is 12.2. The fraction of sp³-hybridized carbons (Fsp3) is 0.333. The highest BCUT2D eigenvalue weighted by Crippen LogP contribution is 2.22. The van der Waals surface area contributed by atoms with Crippen LogP contribution in [0.2, 0.25) is 0 Å². The Morgan fingerprint density at radius 1 is 1.44 bits per heavy atom. The molecular weight excluding hydrogens is 268 g/mol. The summed E-state index contributed by atoms with van der Waals surface area (Å²) >= 11 is 3.36. The maximum atomic E-state index is 11.4. The van der Waals surface area contributed by atoms with Crippen molar-refractivity contribution in [2.24, 2.45) is 0 Å². The zero-order valence-corrected chi connectivity index (χ0v) is 10.8. The van der Waals surface area contributed by atoms with E-state index in [1.807, 2.05) is 44.2 Å². The Labute approximate surface area is 104 Å². The molecule has 1 amide bonds. The minimum absolute atomic E-state index is 0.111. The normalized spacial score (nSPS) is 10.6. The van der Waals surface area contributed by atoms with E-state index in [9.17, 15) is 4.79 Å². The molecular formula is C12H13BrN2O. The van der Waals surface area contributed by atoms with E-state index in [-0.39, 0.29) is 12.3 Å². The number of hydrogen-bond acceptors (Lipinski definition) is 2. The van der Waals surface area contributed by atoms with Crippen LogP contribution in [-0.2, 0) is 10.3 Å². The van der Waals surface area contributed by atoms with Crippen molar-refractivity contribution in [3.8, 4) is 6.07 Å². The first kappa shape index (κ1) is 12.7. The van der Waals surface area contributed by atoms with E-state index in [2.05, 4.69) is 21.2 Å². The Morgan fingerprint density at radius 3 is 2.50 bits per heavy atom. The van der Waals surface area contributed by atoms with Gasteiger partial charge in [-0.25, -0.2) is 0 Å². The van der Waals surface area contributed by atoms with Crippen molar-refractivity contribution in [1.29, 1.82) is 5.26 Å². The monoisotopic (exact) mass is 280 g/mol. The Kier molecular flexibility index (Phi) is 4.08. The molecule has 0 aromatic heterocycles. The second-order valence-corrected chi connectivity index (χ2v) is 4.93. The van der Waals surface area contributed by atoms with Crippen LogP contribution < -0.4 is 5.32 Å². The van der Waals surface area contributed by atoms with Crippen LogP contribution in [-0.4, -0.2) is 5.91 Å². The van der Waals surface area contributed by atoms with Gasteiger partial charge in [-0.1, -0.05) is 28.1 Å². The number of nitrogens with zero attached hydrogens (tertiary/aromatic N) is 1. The lowest BCUT2D eigenvalue weighted by Crippen LogP contribution is -2.40. The Hall–Kier alpha value is -1.34. The largest absolute Gasteiger partial charge is 0.346 e. The maximum absolute atomic E-state index is 11.4. The van der Waals surface area contributed by atoms with E-state index in [4.69, 9.17) is 5.26 Å². The highest BCUT2D eigenvalue weighted by atomic mass is 79.9. The second kappa shape index (κ2) is 5.13. The van der Waals surface area contributed by atoms with Crippen LogP contribution in [0.25, 0.3) is 0 Å². The smallest absolute Gasteiger partial charge is 0.234 e. The summed E-state index contributed by atoms with van der Waals surface area (Å²) in [5.41, 5.74) is 0.538. The van der Waals surface area contributed by atoms with Crippen molar-refractivity contribution in [3.05, 3.63) is 34.3 Å². The van der Waals surface area contributed by atoms with Gasteiger partial charge < -0.3 is 5.32 Å². The van der Waals surface area contributed by atoms with Crippen molar-refractivity contribution < 1.29 is 4.79 Å². The molecule has 84 valence electrons. The molecule has 0 bridgehead atoms. The molecule has 0 aliphatic heterocycles. The number of nitriles is 1. The van der Waals surface area contributed by atoms with Crippen molar-refractivity contribution in [1.82, 2.24) is 5.32 Å². The number of rotatable bonds is 3. The summed E-state index contributed by atoms with van der Waals surface area (Å²) in [6.45, 7) is 3.82. The topological polar surface area (TPSA) is 52.9 Å². The Balaban J connectivity index is 2.81. The van der Waals surface area contributed by atoms with Crippen LogP contribution >= 0.6 is 15.9 Å². The van der Waals surface area contributed by atoms with Crippen molar-refractivity contribution in [2.45, 2.75) is 25.8 Å². The molecule has 1 aromatic rings. The van der Waals surface area contributed by atoms with E-state index in [0.29, 0.717) is 0 Å². The molecule has 1 aromatic carbocycles. The average molecular weight is 281 g/mol. The fourth-order valence-electron chi connectivity index (χ4n) is 1.40. The number of carbonyl (C=O) groups excluding carboxylic acids is 1. The van der Waals surface area contributed by atoms with Crippen LogP contribution in [0.4, 0.5) is 0 Å². The van der Waals surface area contributed by atoms with Crippen LogP contribution in [0, 0.1) is 11.3 Å². The fourth-order valence-corrected chi connectivity index (χ4v) is 1.67. The average Bonchev–Trinajstić information content (AvgIpc) is 2.17. The van der Waals surface area contributed by atoms with E-state index in [0.717, 1.165) is 10.0 Å². The van der Waals surface area contributed by atoms with Crippen molar-refractivity contribution in [2.75, 3.05) is 0 Å². The van der Waals surface area contributed by atoms with Gasteiger partial charge in [-0.2, -0.15) is 5.26 Å². The molecule has 0 spiro atoms. The summed E-state index contributed by atoms with van der Waals surface area (Å²) in [6, 6.07) is 9.56. The maximum Gasteiger partial charge on any atom is 0.234 e. The van der Waals surface area contributed by atoms with E-state index >= 15 is 0 Å². The number of hydrogen-bond donors (Lipinski definition) is 1. The number of nitrogens with one attached hydrogen (secondary N) is 1. The summed E-state index contributed by atoms with van der Waals surface area (Å²) in [7, 11) is 0. The third-order valence-electron chi connectivity index (χ3n) is 2.26. The SMILES string of the molecule is CC(C)(NC(=O)CC#N)c1ccc(Br)cc1. The van der Waals surface area contributed by atoms with Gasteiger partial charge in [0.1, 0.15) is 6.42 Å². The predicted octanol–water partition coefficient (Wildman–Crippen LogP) is 2.71. The molecule has 3 nitrogen and oxygen atoms in total. The molecule has 0 heterocycles. The van der Waals surface area contributed by atoms with Gasteiger partial charge in [0.25, 0.3) is 0 Å². The van der Waals surface area contributed by atoms with Crippen LogP contribution in [0.15, 0.2) is 28.7 Å². The first-order valence-corrected chi connectivity index (χ1v) is 5.69. The highest BCUT2D eigenvalue weighted by Gasteiger charge is 2.22. The second-order valence-electron chi connectivity index (χ2n) is 4.01. The lowest BCUT2D eigenvalue weighted by molar-refractivity contribution is -0.121. The molecule has 4 heteroatoms. The molecule has 0 fully saturated rings. The van der Waals surface area contributed by atoms with E-state index < -0.39 is 5.54 Å². The number of carbonyl (C=O) groups is 1. The number of amides is 1. The van der Waals surface area contributed by atoms with Crippen molar-refractivity contribution >= 4 is 21.8 Å². The highest BCUT2D eigenvalue weighted by molar-refractivity contribution is 9.10. The van der Waals surface area contributed by atoms with Gasteiger partial charge in [0, 0.05) is 4.47 Å². The Bertz CT molecular complexity index is 418. The first-order chi connectivity index (χ1) is 7.45. The third kappa shape index (κ3) is 3.35. The quantitative estimate of drug-likeness (QED) is 0.926. The minimum Gasteiger partial charge on any atom is -0.346 e. The summed E-state index contributed by atoms with van der Waals surface area (Å²) in [5.74, 6) is -0.254. The molecule has 0 atom stereocenters. The van der Waals surface area contributed by atoms with Crippen LogP contribution in [0.1, 0.15) is 25.8 Å². The van der Waals surface area contributed by atoms with Gasteiger partial charge in [0.15, 0.2) is 0 Å².